The van der Waals surface area contributed by atoms with Crippen molar-refractivity contribution in [2.45, 2.75) is 26.4 Å². The van der Waals surface area contributed by atoms with Gasteiger partial charge in [-0.25, -0.2) is 4.79 Å². The summed E-state index contributed by atoms with van der Waals surface area (Å²) < 4.78 is 1.62. The van der Waals surface area contributed by atoms with Crippen molar-refractivity contribution in [3.8, 4) is 11.3 Å². The number of nitrogens with zero attached hydrogens (tertiary/aromatic N) is 2. The van der Waals surface area contributed by atoms with Crippen LogP contribution in [0.15, 0.2) is 65.5 Å². The van der Waals surface area contributed by atoms with E-state index in [2.05, 4.69) is 5.32 Å². The minimum Gasteiger partial charge on any atom is -0.478 e. The molecule has 1 amide bonds. The summed E-state index contributed by atoms with van der Waals surface area (Å²) in [6.07, 6.45) is 0. The Morgan fingerprint density at radius 1 is 1.00 bits per heavy atom. The zero-order valence-electron chi connectivity index (χ0n) is 20.6. The lowest BCUT2D eigenvalue weighted by Gasteiger charge is -2.21. The Bertz CT molecular complexity index is 1620. The molecule has 1 unspecified atom stereocenters. The van der Waals surface area contributed by atoms with E-state index < -0.39 is 5.97 Å². The first-order chi connectivity index (χ1) is 17.2. The van der Waals surface area contributed by atoms with Gasteiger partial charge < -0.3 is 19.9 Å². The summed E-state index contributed by atoms with van der Waals surface area (Å²) in [6.45, 7) is 4.47. The number of aryl methyl sites for hydroxylation is 1. The van der Waals surface area contributed by atoms with Crippen LogP contribution in [0.25, 0.3) is 22.0 Å². The number of nitrogens with one attached hydrogen (secondary N) is 1. The second-order valence-corrected chi connectivity index (χ2v) is 9.46. The zero-order valence-corrected chi connectivity index (χ0v) is 20.6. The summed E-state index contributed by atoms with van der Waals surface area (Å²) in [7, 11) is 3.52. The van der Waals surface area contributed by atoms with Gasteiger partial charge in [0.25, 0.3) is 11.5 Å². The number of hydrogen-bond donors (Lipinski definition) is 2. The first kappa shape index (κ1) is 23.4. The molecule has 3 aromatic carbocycles. The average molecular weight is 482 g/mol. The Hall–Kier alpha value is -4.39. The molecule has 0 radical (unpaired) electrons. The van der Waals surface area contributed by atoms with Gasteiger partial charge in [-0.2, -0.15) is 0 Å². The molecule has 0 fully saturated rings. The maximum Gasteiger partial charge on any atom is 0.337 e. The molecule has 7 nitrogen and oxygen atoms in total. The van der Waals surface area contributed by atoms with Gasteiger partial charge in [0.05, 0.1) is 11.3 Å². The number of carboxylic acid groups (broad SMARTS) is 1. The monoisotopic (exact) mass is 481 g/mol. The van der Waals surface area contributed by atoms with Crippen LogP contribution in [-0.2, 0) is 13.6 Å². The SMILES string of the molecule is Cc1cc(C(C)Nc2ccccc2C(=O)O)c2cc(-c3ccc4c(c3)C(=O)N(C)C4)n(C)c(=O)c2c1. The van der Waals surface area contributed by atoms with Crippen molar-refractivity contribution in [3.05, 3.63) is 98.8 Å². The number of fused-ring (bicyclic) bond motifs is 2. The fourth-order valence-corrected chi connectivity index (χ4v) is 5.03. The van der Waals surface area contributed by atoms with E-state index >= 15 is 0 Å². The van der Waals surface area contributed by atoms with Crippen molar-refractivity contribution in [3.63, 3.8) is 0 Å². The molecule has 7 heteroatoms. The average Bonchev–Trinajstić information content (AvgIpc) is 3.14. The molecule has 1 aliphatic rings. The third-order valence-corrected chi connectivity index (χ3v) is 6.92. The Morgan fingerprint density at radius 2 is 1.75 bits per heavy atom. The number of aromatic nitrogens is 1. The van der Waals surface area contributed by atoms with Crippen LogP contribution in [0.5, 0.6) is 0 Å². The maximum atomic E-state index is 13.5. The van der Waals surface area contributed by atoms with Crippen LogP contribution in [0.3, 0.4) is 0 Å². The number of carboxylic acids is 1. The Morgan fingerprint density at radius 3 is 2.50 bits per heavy atom. The molecule has 1 aliphatic heterocycles. The number of para-hydroxylation sites is 1. The van der Waals surface area contributed by atoms with Crippen LogP contribution < -0.4 is 10.9 Å². The predicted molar refractivity (Wildman–Crippen MR) is 141 cm³/mol. The molecule has 5 rings (SSSR count). The quantitative estimate of drug-likeness (QED) is 0.420. The fourth-order valence-electron chi connectivity index (χ4n) is 5.03. The molecule has 36 heavy (non-hydrogen) atoms. The molecule has 0 saturated carbocycles. The minimum atomic E-state index is -1.01. The van der Waals surface area contributed by atoms with E-state index in [1.165, 1.54) is 0 Å². The number of pyridine rings is 1. The molecule has 1 aromatic heterocycles. The molecule has 2 N–H and O–H groups in total. The summed E-state index contributed by atoms with van der Waals surface area (Å²) >= 11 is 0. The Labute approximate surface area is 208 Å². The van der Waals surface area contributed by atoms with Gasteiger partial charge in [0.15, 0.2) is 0 Å². The van der Waals surface area contributed by atoms with Crippen LogP contribution in [0, 0.1) is 6.92 Å². The van der Waals surface area contributed by atoms with Crippen molar-refractivity contribution in [1.82, 2.24) is 9.47 Å². The standard InChI is InChI=1S/C29H27N3O4/c1-16-11-21(17(2)30-25-8-6-5-7-20(25)29(35)36)23-14-26(32(4)28(34)24(23)12-16)18-9-10-19-15-31(3)27(33)22(19)13-18/h5-14,17,30H,15H2,1-4H3,(H,35,36). The summed E-state index contributed by atoms with van der Waals surface area (Å²) in [4.78, 5) is 39.5. The second-order valence-electron chi connectivity index (χ2n) is 9.46. The van der Waals surface area contributed by atoms with Gasteiger partial charge in [0, 0.05) is 43.3 Å². The lowest BCUT2D eigenvalue weighted by Crippen LogP contribution is -2.20. The highest BCUT2D eigenvalue weighted by molar-refractivity contribution is 5.99. The lowest BCUT2D eigenvalue weighted by atomic mass is 9.95. The van der Waals surface area contributed by atoms with Crippen molar-refractivity contribution < 1.29 is 14.7 Å². The van der Waals surface area contributed by atoms with Crippen LogP contribution in [0.4, 0.5) is 5.69 Å². The molecular formula is C29H27N3O4. The van der Waals surface area contributed by atoms with Crippen LogP contribution in [-0.4, -0.2) is 33.5 Å². The number of carbonyl (C=O) groups excluding carboxylic acids is 1. The molecule has 0 aliphatic carbocycles. The van der Waals surface area contributed by atoms with Crippen molar-refractivity contribution in [1.29, 1.82) is 0 Å². The highest BCUT2D eigenvalue weighted by atomic mass is 16.4. The first-order valence-corrected chi connectivity index (χ1v) is 11.8. The summed E-state index contributed by atoms with van der Waals surface area (Å²) in [5, 5.41) is 14.3. The van der Waals surface area contributed by atoms with Gasteiger partial charge in [-0.15, -0.1) is 0 Å². The Kier molecular flexibility index (Phi) is 5.63. The van der Waals surface area contributed by atoms with Gasteiger partial charge in [0.1, 0.15) is 0 Å². The van der Waals surface area contributed by atoms with E-state index in [0.717, 1.165) is 27.6 Å². The number of carbonyl (C=O) groups is 2. The van der Waals surface area contributed by atoms with E-state index in [1.807, 2.05) is 50.2 Å². The second kappa shape index (κ2) is 8.68. The van der Waals surface area contributed by atoms with Crippen molar-refractivity contribution in [2.75, 3.05) is 12.4 Å². The van der Waals surface area contributed by atoms with Gasteiger partial charge >= 0.3 is 5.97 Å². The molecule has 0 bridgehead atoms. The minimum absolute atomic E-state index is 0.0242. The third-order valence-electron chi connectivity index (χ3n) is 6.92. The number of benzene rings is 3. The Balaban J connectivity index is 1.66. The molecule has 2 heterocycles. The number of rotatable bonds is 5. The summed E-state index contributed by atoms with van der Waals surface area (Å²) in [5.41, 5.74) is 5.53. The predicted octanol–water partition coefficient (Wildman–Crippen LogP) is 4.97. The van der Waals surface area contributed by atoms with Gasteiger partial charge in [-0.05, 0) is 71.8 Å². The number of anilines is 1. The zero-order chi connectivity index (χ0) is 25.7. The van der Waals surface area contributed by atoms with Crippen molar-refractivity contribution in [2.24, 2.45) is 7.05 Å². The van der Waals surface area contributed by atoms with Crippen LogP contribution in [0.1, 0.15) is 50.4 Å². The molecule has 1 atom stereocenters. The number of amides is 1. The van der Waals surface area contributed by atoms with E-state index in [9.17, 15) is 19.5 Å². The maximum absolute atomic E-state index is 13.5. The summed E-state index contributed by atoms with van der Waals surface area (Å²) in [5.74, 6) is -1.03. The lowest BCUT2D eigenvalue weighted by molar-refractivity contribution is 0.0697. The molecule has 4 aromatic rings. The molecule has 0 spiro atoms. The van der Waals surface area contributed by atoms with E-state index in [4.69, 9.17) is 0 Å². The first-order valence-electron chi connectivity index (χ1n) is 11.8. The summed E-state index contributed by atoms with van der Waals surface area (Å²) in [6, 6.07) is 18.1. The number of hydrogen-bond acceptors (Lipinski definition) is 4. The largest absolute Gasteiger partial charge is 0.478 e. The van der Waals surface area contributed by atoms with E-state index in [1.54, 1.807) is 47.8 Å². The van der Waals surface area contributed by atoms with Crippen LogP contribution in [0.2, 0.25) is 0 Å². The fraction of sp³-hybridized carbons (Fsp3) is 0.207. The normalized spacial score (nSPS) is 13.7. The highest BCUT2D eigenvalue weighted by Gasteiger charge is 2.25. The van der Waals surface area contributed by atoms with Gasteiger partial charge in [0.2, 0.25) is 0 Å². The highest BCUT2D eigenvalue weighted by Crippen LogP contribution is 2.33. The van der Waals surface area contributed by atoms with Crippen LogP contribution >= 0.6 is 0 Å². The van der Waals surface area contributed by atoms with Crippen molar-refractivity contribution >= 4 is 28.3 Å². The van der Waals surface area contributed by atoms with E-state index in [-0.39, 0.29) is 23.1 Å². The third kappa shape index (κ3) is 3.82. The number of aromatic carboxylic acids is 1. The van der Waals surface area contributed by atoms with Gasteiger partial charge in [-0.3, -0.25) is 9.59 Å². The smallest absolute Gasteiger partial charge is 0.337 e. The molecule has 0 saturated heterocycles. The topological polar surface area (TPSA) is 91.6 Å². The molecule has 182 valence electrons. The van der Waals surface area contributed by atoms with Gasteiger partial charge in [-0.1, -0.05) is 30.3 Å². The van der Waals surface area contributed by atoms with E-state index in [0.29, 0.717) is 28.9 Å². The molecular weight excluding hydrogens is 454 g/mol.